The van der Waals surface area contributed by atoms with Crippen molar-refractivity contribution in [3.63, 3.8) is 0 Å². The second-order valence-corrected chi connectivity index (χ2v) is 12.8. The number of likely N-dealkylation sites (tertiary alicyclic amines) is 1. The molecule has 4 aromatic rings. The van der Waals surface area contributed by atoms with Gasteiger partial charge in [0.1, 0.15) is 29.5 Å². The summed E-state index contributed by atoms with van der Waals surface area (Å²) in [4.78, 5) is 18.6. The van der Waals surface area contributed by atoms with Gasteiger partial charge in [-0.2, -0.15) is 9.97 Å². The van der Waals surface area contributed by atoms with E-state index in [2.05, 4.69) is 44.9 Å². The summed E-state index contributed by atoms with van der Waals surface area (Å²) in [6.07, 6.45) is 11.9. The number of anilines is 1. The number of fused-ring (bicyclic) bond motifs is 4. The Morgan fingerprint density at radius 1 is 1.05 bits per heavy atom. The predicted molar refractivity (Wildman–Crippen MR) is 170 cm³/mol. The number of hydrogen-bond donors (Lipinski definition) is 1. The molecule has 3 aliphatic rings. The van der Waals surface area contributed by atoms with Gasteiger partial charge in [-0.25, -0.2) is 8.78 Å². The molecule has 0 radical (unpaired) electrons. The van der Waals surface area contributed by atoms with Crippen LogP contribution in [0.25, 0.3) is 32.9 Å². The lowest BCUT2D eigenvalue weighted by Crippen LogP contribution is -2.51. The molecule has 2 aromatic heterocycles. The molecule has 2 bridgehead atoms. The highest BCUT2D eigenvalue weighted by Gasteiger charge is 2.34. The van der Waals surface area contributed by atoms with Crippen LogP contribution in [0.1, 0.15) is 45.1 Å². The highest BCUT2D eigenvalue weighted by molar-refractivity contribution is 6.02. The van der Waals surface area contributed by atoms with Gasteiger partial charge in [0.2, 0.25) is 0 Å². The Bertz CT molecular complexity index is 1730. The summed E-state index contributed by atoms with van der Waals surface area (Å²) in [7, 11) is 0. The monoisotopic (exact) mass is 596 g/mol. The predicted octanol–water partition coefficient (Wildman–Crippen LogP) is 5.79. The first-order valence-electron chi connectivity index (χ1n) is 15.8. The third kappa shape index (κ3) is 5.35. The average molecular weight is 597 g/mol. The summed E-state index contributed by atoms with van der Waals surface area (Å²) in [5, 5.41) is 5.33. The first-order valence-corrected chi connectivity index (χ1v) is 15.8. The zero-order chi connectivity index (χ0) is 30.4. The molecule has 2 unspecified atom stereocenters. The van der Waals surface area contributed by atoms with Crippen LogP contribution in [0.5, 0.6) is 6.01 Å². The molecule has 3 aliphatic heterocycles. The summed E-state index contributed by atoms with van der Waals surface area (Å²) in [6, 6.07) is 9.20. The summed E-state index contributed by atoms with van der Waals surface area (Å²) < 4.78 is 37.5. The topological polar surface area (TPSA) is 66.4 Å². The Hall–Kier alpha value is -3.87. The van der Waals surface area contributed by atoms with Gasteiger partial charge < -0.3 is 15.0 Å². The van der Waals surface area contributed by atoms with Crippen LogP contribution < -0.4 is 15.0 Å². The fraction of sp³-hybridized carbons (Fsp3) is 0.457. The molecule has 228 valence electrons. The molecular weight excluding hydrogens is 558 g/mol. The molecule has 3 saturated heterocycles. The molecular formula is C35H38F2N6O. The van der Waals surface area contributed by atoms with Crippen LogP contribution in [0, 0.1) is 35.8 Å². The average Bonchev–Trinajstić information content (AvgIpc) is 3.38. The van der Waals surface area contributed by atoms with Crippen LogP contribution in [-0.2, 0) is 0 Å². The van der Waals surface area contributed by atoms with E-state index in [1.807, 2.05) is 6.07 Å². The Morgan fingerprint density at radius 3 is 2.55 bits per heavy atom. The van der Waals surface area contributed by atoms with E-state index >= 15 is 4.39 Å². The van der Waals surface area contributed by atoms with Gasteiger partial charge in [-0.05, 0) is 62.1 Å². The van der Waals surface area contributed by atoms with Crippen molar-refractivity contribution in [2.45, 2.75) is 51.6 Å². The second kappa shape index (κ2) is 11.9. The maximum atomic E-state index is 16.6. The van der Waals surface area contributed by atoms with Gasteiger partial charge in [0.25, 0.3) is 0 Å². The number of ether oxygens (including phenoxy) is 1. The number of aromatic nitrogens is 3. The third-order valence-electron chi connectivity index (χ3n) is 9.77. The molecule has 2 aromatic carbocycles. The van der Waals surface area contributed by atoms with Gasteiger partial charge >= 0.3 is 6.01 Å². The van der Waals surface area contributed by atoms with Gasteiger partial charge in [0.05, 0.1) is 10.9 Å². The summed E-state index contributed by atoms with van der Waals surface area (Å²) in [6.45, 7) is 9.42. The SMILES string of the molecule is C#Cc1c(F)ccc2cccc(-c3ncc4c(N5CC6CCC(C5)N6)nc(OCCN5CCC(C(C)C)CC5)nc4c3F)c12. The van der Waals surface area contributed by atoms with E-state index in [4.69, 9.17) is 16.1 Å². The fourth-order valence-electron chi connectivity index (χ4n) is 7.29. The normalized spacial score (nSPS) is 21.0. The highest BCUT2D eigenvalue weighted by Crippen LogP contribution is 2.37. The van der Waals surface area contributed by atoms with Gasteiger partial charge in [-0.1, -0.05) is 44.0 Å². The van der Waals surface area contributed by atoms with Crippen LogP contribution in [0.3, 0.4) is 0 Å². The lowest BCUT2D eigenvalue weighted by molar-refractivity contribution is 0.134. The molecule has 1 N–H and O–H groups in total. The number of terminal acetylenes is 1. The van der Waals surface area contributed by atoms with Gasteiger partial charge in [-0.15, -0.1) is 6.42 Å². The number of benzene rings is 2. The summed E-state index contributed by atoms with van der Waals surface area (Å²) >= 11 is 0. The Kier molecular flexibility index (Phi) is 7.81. The van der Waals surface area contributed by atoms with E-state index in [0.29, 0.717) is 52.1 Å². The number of nitrogens with one attached hydrogen (secondary N) is 1. The van der Waals surface area contributed by atoms with Crippen molar-refractivity contribution in [2.24, 2.45) is 11.8 Å². The Labute approximate surface area is 257 Å². The van der Waals surface area contributed by atoms with Crippen molar-refractivity contribution in [3.8, 4) is 29.6 Å². The smallest absolute Gasteiger partial charge is 0.319 e. The van der Waals surface area contributed by atoms with E-state index in [-0.39, 0.29) is 22.8 Å². The Morgan fingerprint density at radius 2 is 1.82 bits per heavy atom. The molecule has 0 amide bonds. The van der Waals surface area contributed by atoms with E-state index in [1.165, 1.54) is 18.9 Å². The minimum Gasteiger partial charge on any atom is -0.462 e. The molecule has 0 aliphatic carbocycles. The number of piperidine rings is 1. The number of rotatable bonds is 7. The van der Waals surface area contributed by atoms with E-state index in [9.17, 15) is 4.39 Å². The summed E-state index contributed by atoms with van der Waals surface area (Å²) in [5.41, 5.74) is 0.700. The number of piperazine rings is 1. The van der Waals surface area contributed by atoms with Crippen molar-refractivity contribution in [1.29, 1.82) is 0 Å². The maximum Gasteiger partial charge on any atom is 0.319 e. The zero-order valence-electron chi connectivity index (χ0n) is 25.3. The van der Waals surface area contributed by atoms with Crippen LogP contribution in [0.2, 0.25) is 0 Å². The van der Waals surface area contributed by atoms with Crippen molar-refractivity contribution < 1.29 is 13.5 Å². The van der Waals surface area contributed by atoms with Crippen molar-refractivity contribution in [2.75, 3.05) is 44.2 Å². The van der Waals surface area contributed by atoms with Crippen molar-refractivity contribution in [3.05, 3.63) is 53.7 Å². The standard InChI is InChI=1S/C35H38F2N6O/c1-4-26-29(36)11-8-23-6-5-7-27(30(23)26)32-31(37)33-28(18-38-32)34(43-19-24-9-10-25(20-43)39-24)41-35(40-33)44-17-16-42-14-12-22(13-15-42)21(2)3/h1,5-8,11,18,21-22,24-25,39H,9-10,12-17,19-20H2,2-3H3. The maximum absolute atomic E-state index is 16.6. The lowest BCUT2D eigenvalue weighted by atomic mass is 9.87. The van der Waals surface area contributed by atoms with E-state index in [0.717, 1.165) is 51.5 Å². The zero-order valence-corrected chi connectivity index (χ0v) is 25.3. The number of nitrogens with zero attached hydrogens (tertiary/aromatic N) is 5. The van der Waals surface area contributed by atoms with Gasteiger partial charge in [-0.3, -0.25) is 9.88 Å². The molecule has 0 saturated carbocycles. The largest absolute Gasteiger partial charge is 0.462 e. The number of hydrogen-bond acceptors (Lipinski definition) is 7. The second-order valence-electron chi connectivity index (χ2n) is 12.8. The van der Waals surface area contributed by atoms with Crippen LogP contribution in [-0.4, -0.2) is 71.3 Å². The molecule has 7 rings (SSSR count). The third-order valence-corrected chi connectivity index (χ3v) is 9.77. The quantitative estimate of drug-likeness (QED) is 0.271. The molecule has 3 fully saturated rings. The molecule has 2 atom stereocenters. The fourth-order valence-corrected chi connectivity index (χ4v) is 7.29. The van der Waals surface area contributed by atoms with Crippen LogP contribution in [0.4, 0.5) is 14.6 Å². The number of halogens is 2. The van der Waals surface area contributed by atoms with Crippen molar-refractivity contribution in [1.82, 2.24) is 25.2 Å². The minimum absolute atomic E-state index is 0.0641. The minimum atomic E-state index is -0.607. The van der Waals surface area contributed by atoms with E-state index < -0.39 is 11.6 Å². The van der Waals surface area contributed by atoms with Crippen LogP contribution >= 0.6 is 0 Å². The molecule has 44 heavy (non-hydrogen) atoms. The first kappa shape index (κ1) is 28.9. The molecule has 7 nitrogen and oxygen atoms in total. The van der Waals surface area contributed by atoms with Gasteiger partial charge in [0.15, 0.2) is 5.82 Å². The Balaban J connectivity index is 1.26. The van der Waals surface area contributed by atoms with E-state index in [1.54, 1.807) is 24.4 Å². The molecule has 9 heteroatoms. The van der Waals surface area contributed by atoms with Gasteiger partial charge in [0, 0.05) is 48.9 Å². The lowest BCUT2D eigenvalue weighted by Gasteiger charge is -2.34. The molecule has 0 spiro atoms. The highest BCUT2D eigenvalue weighted by atomic mass is 19.1. The van der Waals surface area contributed by atoms with Crippen LogP contribution in [0.15, 0.2) is 36.5 Å². The number of pyridine rings is 1. The van der Waals surface area contributed by atoms with Crippen molar-refractivity contribution >= 4 is 27.5 Å². The molecule has 5 heterocycles. The first-order chi connectivity index (χ1) is 21.4. The summed E-state index contributed by atoms with van der Waals surface area (Å²) in [5.74, 6) is 3.42.